The predicted molar refractivity (Wildman–Crippen MR) is 68.8 cm³/mol. The van der Waals surface area contributed by atoms with Gasteiger partial charge in [-0.2, -0.15) is 0 Å². The molecule has 0 aliphatic heterocycles. The molecule has 0 aliphatic carbocycles. The van der Waals surface area contributed by atoms with E-state index in [1.807, 2.05) is 0 Å². The van der Waals surface area contributed by atoms with Crippen molar-refractivity contribution in [2.45, 2.75) is 45.4 Å². The zero-order chi connectivity index (χ0) is 9.98. The van der Waals surface area contributed by atoms with Crippen molar-refractivity contribution in [3.05, 3.63) is 0 Å². The third kappa shape index (κ3) is 20.3. The molecule has 0 bridgehead atoms. The molecule has 0 amide bonds. The van der Waals surface area contributed by atoms with Crippen LogP contribution >= 0.6 is 17.8 Å². The van der Waals surface area contributed by atoms with Crippen molar-refractivity contribution in [3.8, 4) is 0 Å². The molecule has 0 heterocycles. The molecule has 2 radical (unpaired) electrons. The van der Waals surface area contributed by atoms with Crippen LogP contribution in [-0.2, 0) is 0 Å². The summed E-state index contributed by atoms with van der Waals surface area (Å²) in [6, 6.07) is 0. The topological polar surface area (TPSA) is 31.5 Å². The molecule has 0 atom stereocenters. The smallest absolute Gasteiger partial charge is 0.412 e. The summed E-state index contributed by atoms with van der Waals surface area (Å²) in [5, 5.41) is 0. The van der Waals surface area contributed by atoms with E-state index < -0.39 is 37.3 Å². The fourth-order valence-electron chi connectivity index (χ4n) is 0.500. The van der Waals surface area contributed by atoms with Gasteiger partial charge in [-0.05, 0) is 0 Å². The minimum absolute atomic E-state index is 0. The van der Waals surface area contributed by atoms with Crippen LogP contribution < -0.4 is 0 Å². The largest absolute Gasteiger partial charge is 0.412 e. The SMILES string of the molecule is C[CH2][Sn]([Cl])[CH2]C.C[CH2][Sn]([Cl])[CH2]C.O. The molecule has 0 saturated heterocycles. The fourth-order valence-corrected chi connectivity index (χ4v) is 3.35. The molecular weight excluding hydrogens is 420 g/mol. The molecular formula is C8H22Cl2OSn2. The molecule has 82 valence electrons. The Hall–Kier alpha value is 2.14. The minimum Gasteiger partial charge on any atom is -0.412 e. The van der Waals surface area contributed by atoms with Crippen LogP contribution in [0.3, 0.4) is 0 Å². The molecule has 0 fully saturated rings. The van der Waals surface area contributed by atoms with Gasteiger partial charge >= 0.3 is 101 Å². The zero-order valence-corrected chi connectivity index (χ0v) is 16.3. The van der Waals surface area contributed by atoms with E-state index in [-0.39, 0.29) is 5.48 Å². The molecule has 0 saturated carbocycles. The Morgan fingerprint density at radius 3 is 0.846 bits per heavy atom. The molecule has 13 heavy (non-hydrogen) atoms. The molecule has 0 aliphatic rings. The average Bonchev–Trinajstić information content (AvgIpc) is 2.16. The number of halogens is 2. The van der Waals surface area contributed by atoms with Crippen LogP contribution in [0.15, 0.2) is 0 Å². The minimum atomic E-state index is -1.14. The summed E-state index contributed by atoms with van der Waals surface area (Å²) in [5.41, 5.74) is 0. The summed E-state index contributed by atoms with van der Waals surface area (Å²) < 4.78 is 5.17. The van der Waals surface area contributed by atoms with E-state index >= 15 is 0 Å². The fraction of sp³-hybridized carbons (Fsp3) is 1.00. The number of rotatable bonds is 4. The van der Waals surface area contributed by atoms with Crippen LogP contribution in [0.4, 0.5) is 0 Å². The second-order valence-electron chi connectivity index (χ2n) is 2.45. The second-order valence-corrected chi connectivity index (χ2v) is 23.6. The Kier molecular flexibility index (Phi) is 26.2. The van der Waals surface area contributed by atoms with Gasteiger partial charge in [0.15, 0.2) is 0 Å². The summed E-state index contributed by atoms with van der Waals surface area (Å²) in [5.74, 6) is 0. The van der Waals surface area contributed by atoms with E-state index in [1.165, 1.54) is 17.7 Å². The van der Waals surface area contributed by atoms with Crippen LogP contribution in [0.1, 0.15) is 27.7 Å². The summed E-state index contributed by atoms with van der Waals surface area (Å²) in [6.45, 7) is 8.74. The summed E-state index contributed by atoms with van der Waals surface area (Å²) >= 11 is -2.29. The average molecular weight is 443 g/mol. The molecule has 0 rings (SSSR count). The van der Waals surface area contributed by atoms with E-state index in [2.05, 4.69) is 27.7 Å². The van der Waals surface area contributed by atoms with Crippen LogP contribution in [0.2, 0.25) is 17.7 Å². The van der Waals surface area contributed by atoms with Gasteiger partial charge in [-0.1, -0.05) is 0 Å². The van der Waals surface area contributed by atoms with Crippen molar-refractivity contribution in [2.24, 2.45) is 0 Å². The molecule has 0 unspecified atom stereocenters. The molecule has 0 aromatic heterocycles. The van der Waals surface area contributed by atoms with Crippen LogP contribution in [0.5, 0.6) is 0 Å². The number of hydrogen-bond donors (Lipinski definition) is 0. The van der Waals surface area contributed by atoms with Crippen molar-refractivity contribution in [1.82, 2.24) is 0 Å². The standard InChI is InChI=1S/4C2H5.2ClH.H2O.2Sn/c4*1-2;;;;;/h4*1H2,2H3;2*1H;1H2;;/q;;;;;;;2*+1/p-2. The maximum absolute atomic E-state index is 5.85. The maximum atomic E-state index is 5.85. The Morgan fingerprint density at radius 1 is 0.692 bits per heavy atom. The van der Waals surface area contributed by atoms with Gasteiger partial charge in [0.25, 0.3) is 0 Å². The first-order valence-corrected chi connectivity index (χ1v) is 19.9. The van der Waals surface area contributed by atoms with E-state index in [0.717, 1.165) is 0 Å². The predicted octanol–water partition coefficient (Wildman–Crippen LogP) is 3.69. The summed E-state index contributed by atoms with van der Waals surface area (Å²) in [7, 11) is 11.7. The molecule has 0 spiro atoms. The Bertz CT molecular complexity index is 68.5. The zero-order valence-electron chi connectivity index (χ0n) is 9.08. The monoisotopic (exact) mass is 444 g/mol. The quantitative estimate of drug-likeness (QED) is 0.595. The summed E-state index contributed by atoms with van der Waals surface area (Å²) in [4.78, 5) is 0. The first-order chi connectivity index (χ1) is 5.62. The Morgan fingerprint density at radius 2 is 0.846 bits per heavy atom. The Balaban J connectivity index is -0.000000143. The molecule has 1 nitrogen and oxygen atoms in total. The van der Waals surface area contributed by atoms with E-state index in [0.29, 0.717) is 0 Å². The first-order valence-electron chi connectivity index (χ1n) is 4.62. The van der Waals surface area contributed by atoms with Crippen molar-refractivity contribution in [2.75, 3.05) is 0 Å². The molecule has 2 N–H and O–H groups in total. The van der Waals surface area contributed by atoms with Crippen molar-refractivity contribution < 1.29 is 5.48 Å². The van der Waals surface area contributed by atoms with Gasteiger partial charge in [-0.15, -0.1) is 0 Å². The van der Waals surface area contributed by atoms with Gasteiger partial charge in [0.05, 0.1) is 0 Å². The molecule has 5 heteroatoms. The van der Waals surface area contributed by atoms with E-state index in [4.69, 9.17) is 17.8 Å². The molecule has 0 aromatic carbocycles. The molecule has 0 aromatic rings. The second kappa shape index (κ2) is 16.6. The van der Waals surface area contributed by atoms with Gasteiger partial charge in [-0.3, -0.25) is 0 Å². The normalized spacial score (nSPS) is 9.23. The summed E-state index contributed by atoms with van der Waals surface area (Å²) in [6.07, 6.45) is 0. The van der Waals surface area contributed by atoms with Gasteiger partial charge in [0.2, 0.25) is 0 Å². The van der Waals surface area contributed by atoms with Gasteiger partial charge in [0.1, 0.15) is 0 Å². The van der Waals surface area contributed by atoms with Crippen molar-refractivity contribution in [3.63, 3.8) is 0 Å². The van der Waals surface area contributed by atoms with Gasteiger partial charge in [-0.25, -0.2) is 0 Å². The van der Waals surface area contributed by atoms with E-state index in [1.54, 1.807) is 0 Å². The maximum Gasteiger partial charge on any atom is -0.412 e. The Labute approximate surface area is 105 Å². The number of hydrogen-bond acceptors (Lipinski definition) is 0. The van der Waals surface area contributed by atoms with Crippen LogP contribution in [0.25, 0.3) is 0 Å². The van der Waals surface area contributed by atoms with Crippen LogP contribution in [-0.4, -0.2) is 42.7 Å². The van der Waals surface area contributed by atoms with Gasteiger partial charge < -0.3 is 5.48 Å². The van der Waals surface area contributed by atoms with Gasteiger partial charge in [0, 0.05) is 0 Å². The third-order valence-corrected chi connectivity index (χ3v) is 17.5. The van der Waals surface area contributed by atoms with Crippen molar-refractivity contribution in [1.29, 1.82) is 0 Å². The first kappa shape index (κ1) is 20.5. The van der Waals surface area contributed by atoms with Crippen molar-refractivity contribution >= 4 is 55.1 Å². The van der Waals surface area contributed by atoms with E-state index in [9.17, 15) is 0 Å². The van der Waals surface area contributed by atoms with Crippen LogP contribution in [0, 0.1) is 0 Å². The third-order valence-electron chi connectivity index (χ3n) is 1.53.